The molecule has 2 heteroatoms. The molecule has 3 rings (SSSR count). The zero-order valence-corrected chi connectivity index (χ0v) is 11.4. The van der Waals surface area contributed by atoms with Crippen molar-refractivity contribution in [3.63, 3.8) is 0 Å². The number of hydrogen-bond donors (Lipinski definition) is 0. The highest BCUT2D eigenvalue weighted by Crippen LogP contribution is 2.28. The minimum atomic E-state index is 0.0373. The third kappa shape index (κ3) is 1.90. The summed E-state index contributed by atoms with van der Waals surface area (Å²) >= 11 is 0. The summed E-state index contributed by atoms with van der Waals surface area (Å²) in [6.45, 7) is 3.13. The zero-order chi connectivity index (χ0) is 14.3. The van der Waals surface area contributed by atoms with E-state index in [4.69, 9.17) is 0 Å². The second kappa shape index (κ2) is 4.57. The van der Waals surface area contributed by atoms with Crippen LogP contribution in [0, 0.1) is 0 Å². The molecule has 3 aromatic carbocycles. The molecule has 3 aromatic rings. The molecule has 0 aliphatic carbocycles. The smallest absolute Gasteiger partial charge is 0.160 e. The molecule has 0 amide bonds. The van der Waals surface area contributed by atoms with Crippen LogP contribution in [0.25, 0.3) is 21.5 Å². The Morgan fingerprint density at radius 1 is 0.700 bits per heavy atom. The van der Waals surface area contributed by atoms with Gasteiger partial charge in [0.05, 0.1) is 0 Å². The molecule has 0 bridgehead atoms. The van der Waals surface area contributed by atoms with E-state index in [0.29, 0.717) is 11.1 Å². The molecule has 0 saturated heterocycles. The fourth-order valence-corrected chi connectivity index (χ4v) is 2.67. The monoisotopic (exact) mass is 262 g/mol. The quantitative estimate of drug-likeness (QED) is 0.506. The van der Waals surface area contributed by atoms with Gasteiger partial charge in [-0.05, 0) is 47.5 Å². The second-order valence-electron chi connectivity index (χ2n) is 5.02. The Morgan fingerprint density at radius 3 is 1.55 bits per heavy atom. The average molecular weight is 262 g/mol. The van der Waals surface area contributed by atoms with Crippen LogP contribution in [0.3, 0.4) is 0 Å². The van der Waals surface area contributed by atoms with Crippen LogP contribution < -0.4 is 0 Å². The molecule has 0 aliphatic rings. The number of rotatable bonds is 2. The normalized spacial score (nSPS) is 10.9. The highest BCUT2D eigenvalue weighted by Gasteiger charge is 2.10. The van der Waals surface area contributed by atoms with Gasteiger partial charge in [-0.1, -0.05) is 36.4 Å². The van der Waals surface area contributed by atoms with E-state index in [-0.39, 0.29) is 11.6 Å². The Balaban J connectivity index is 2.48. The van der Waals surface area contributed by atoms with Gasteiger partial charge in [0, 0.05) is 11.1 Å². The molecule has 2 nitrogen and oxygen atoms in total. The lowest BCUT2D eigenvalue weighted by Crippen LogP contribution is -1.96. The number of carbonyl (C=O) groups is 2. The Bertz CT molecular complexity index is 791. The van der Waals surface area contributed by atoms with Crippen LogP contribution in [-0.2, 0) is 0 Å². The van der Waals surface area contributed by atoms with E-state index in [2.05, 4.69) is 0 Å². The molecule has 0 aliphatic heterocycles. The lowest BCUT2D eigenvalue weighted by atomic mass is 9.95. The molecular weight excluding hydrogens is 248 g/mol. The third-order valence-electron chi connectivity index (χ3n) is 3.64. The van der Waals surface area contributed by atoms with Crippen molar-refractivity contribution in [1.82, 2.24) is 0 Å². The van der Waals surface area contributed by atoms with Crippen molar-refractivity contribution >= 4 is 33.1 Å². The molecule has 0 radical (unpaired) electrons. The molecule has 0 unspecified atom stereocenters. The van der Waals surface area contributed by atoms with Crippen molar-refractivity contribution in [1.29, 1.82) is 0 Å². The minimum absolute atomic E-state index is 0.0373. The van der Waals surface area contributed by atoms with Gasteiger partial charge in [0.2, 0.25) is 0 Å². The minimum Gasteiger partial charge on any atom is -0.294 e. The molecular formula is C18H14O2. The molecule has 98 valence electrons. The van der Waals surface area contributed by atoms with Gasteiger partial charge in [-0.25, -0.2) is 0 Å². The summed E-state index contributed by atoms with van der Waals surface area (Å²) in [4.78, 5) is 23.5. The summed E-state index contributed by atoms with van der Waals surface area (Å²) in [5, 5.41) is 3.85. The van der Waals surface area contributed by atoms with Gasteiger partial charge in [-0.15, -0.1) is 0 Å². The molecule has 0 atom stereocenters. The van der Waals surface area contributed by atoms with Crippen LogP contribution in [0.15, 0.2) is 48.5 Å². The predicted octanol–water partition coefficient (Wildman–Crippen LogP) is 4.40. The van der Waals surface area contributed by atoms with Crippen molar-refractivity contribution < 1.29 is 9.59 Å². The lowest BCUT2D eigenvalue weighted by molar-refractivity contribution is 0.101. The van der Waals surface area contributed by atoms with E-state index >= 15 is 0 Å². The van der Waals surface area contributed by atoms with Gasteiger partial charge >= 0.3 is 0 Å². The maximum absolute atomic E-state index is 11.7. The van der Waals surface area contributed by atoms with Crippen LogP contribution >= 0.6 is 0 Å². The fourth-order valence-electron chi connectivity index (χ4n) is 2.67. The number of fused-ring (bicyclic) bond motifs is 2. The summed E-state index contributed by atoms with van der Waals surface area (Å²) in [5.74, 6) is 0.0745. The van der Waals surface area contributed by atoms with Crippen LogP contribution in [-0.4, -0.2) is 11.6 Å². The van der Waals surface area contributed by atoms with Gasteiger partial charge in [0.25, 0.3) is 0 Å². The molecule has 20 heavy (non-hydrogen) atoms. The number of carbonyl (C=O) groups excluding carboxylic acids is 2. The van der Waals surface area contributed by atoms with Crippen LogP contribution in [0.2, 0.25) is 0 Å². The van der Waals surface area contributed by atoms with Crippen LogP contribution in [0.4, 0.5) is 0 Å². The Morgan fingerprint density at radius 2 is 1.15 bits per heavy atom. The number of ketones is 2. The fraction of sp³-hybridized carbons (Fsp3) is 0.111. The number of benzene rings is 3. The van der Waals surface area contributed by atoms with E-state index in [1.807, 2.05) is 48.5 Å². The van der Waals surface area contributed by atoms with E-state index in [0.717, 1.165) is 21.5 Å². The molecule has 0 N–H and O–H groups in total. The average Bonchev–Trinajstić information content (AvgIpc) is 2.43. The van der Waals surface area contributed by atoms with Crippen molar-refractivity contribution in [2.75, 3.05) is 0 Å². The van der Waals surface area contributed by atoms with Gasteiger partial charge in [-0.3, -0.25) is 9.59 Å². The summed E-state index contributed by atoms with van der Waals surface area (Å²) in [6.07, 6.45) is 0. The largest absolute Gasteiger partial charge is 0.294 e. The van der Waals surface area contributed by atoms with E-state index in [1.165, 1.54) is 0 Å². The van der Waals surface area contributed by atoms with Gasteiger partial charge in [-0.2, -0.15) is 0 Å². The highest BCUT2D eigenvalue weighted by atomic mass is 16.1. The van der Waals surface area contributed by atoms with E-state index < -0.39 is 0 Å². The lowest BCUT2D eigenvalue weighted by Gasteiger charge is -2.08. The molecule has 0 fully saturated rings. The van der Waals surface area contributed by atoms with Gasteiger partial charge < -0.3 is 0 Å². The first kappa shape index (κ1) is 12.5. The summed E-state index contributed by atoms with van der Waals surface area (Å²) < 4.78 is 0. The standard InChI is InChI=1S/C18H14O2/c1-11(19)15-7-3-5-13-9-14-6-4-8-16(12(2)20)18(14)10-17(13)15/h3-10H,1-2H3. The van der Waals surface area contributed by atoms with Crippen LogP contribution in [0.1, 0.15) is 34.6 Å². The SMILES string of the molecule is CC(=O)c1cccc2cc3cccc(C(C)=O)c3cc12. The van der Waals surface area contributed by atoms with Crippen molar-refractivity contribution in [3.05, 3.63) is 59.7 Å². The Labute approximate surface area is 117 Å². The van der Waals surface area contributed by atoms with Gasteiger partial charge in [0.1, 0.15) is 0 Å². The van der Waals surface area contributed by atoms with E-state index in [9.17, 15) is 9.59 Å². The van der Waals surface area contributed by atoms with Crippen LogP contribution in [0.5, 0.6) is 0 Å². The van der Waals surface area contributed by atoms with Crippen molar-refractivity contribution in [3.8, 4) is 0 Å². The maximum atomic E-state index is 11.7. The van der Waals surface area contributed by atoms with E-state index in [1.54, 1.807) is 13.8 Å². The summed E-state index contributed by atoms with van der Waals surface area (Å²) in [6, 6.07) is 15.4. The predicted molar refractivity (Wildman–Crippen MR) is 81.5 cm³/mol. The van der Waals surface area contributed by atoms with Crippen molar-refractivity contribution in [2.24, 2.45) is 0 Å². The first-order valence-corrected chi connectivity index (χ1v) is 6.55. The number of hydrogen-bond acceptors (Lipinski definition) is 2. The number of Topliss-reactive ketones (excluding diaryl/α,β-unsaturated/α-hetero) is 2. The third-order valence-corrected chi connectivity index (χ3v) is 3.64. The Kier molecular flexibility index (Phi) is 2.87. The Hall–Kier alpha value is -2.48. The van der Waals surface area contributed by atoms with Gasteiger partial charge in [0.15, 0.2) is 11.6 Å². The summed E-state index contributed by atoms with van der Waals surface area (Å²) in [7, 11) is 0. The first-order valence-electron chi connectivity index (χ1n) is 6.55. The first-order chi connectivity index (χ1) is 9.58. The topological polar surface area (TPSA) is 34.1 Å². The molecule has 0 spiro atoms. The molecule has 0 aromatic heterocycles. The highest BCUT2D eigenvalue weighted by molar-refractivity contribution is 6.14. The van der Waals surface area contributed by atoms with Crippen molar-refractivity contribution in [2.45, 2.75) is 13.8 Å². The second-order valence-corrected chi connectivity index (χ2v) is 5.02. The molecule has 0 heterocycles. The maximum Gasteiger partial charge on any atom is 0.160 e. The molecule has 0 saturated carbocycles. The zero-order valence-electron chi connectivity index (χ0n) is 11.4. The summed E-state index contributed by atoms with van der Waals surface area (Å²) in [5.41, 5.74) is 1.39.